The lowest BCUT2D eigenvalue weighted by atomic mass is 10.0. The van der Waals surface area contributed by atoms with E-state index in [-0.39, 0.29) is 11.4 Å². The zero-order valence-corrected chi connectivity index (χ0v) is 20.2. The third-order valence-corrected chi connectivity index (χ3v) is 7.99. The van der Waals surface area contributed by atoms with Crippen LogP contribution in [0.3, 0.4) is 0 Å². The Balaban J connectivity index is 1.45. The third kappa shape index (κ3) is 4.47. The van der Waals surface area contributed by atoms with E-state index in [1.54, 1.807) is 42.5 Å². The van der Waals surface area contributed by atoms with Crippen LogP contribution in [-0.4, -0.2) is 27.5 Å². The molecule has 1 aliphatic rings. The van der Waals surface area contributed by atoms with Crippen molar-refractivity contribution in [3.63, 3.8) is 0 Å². The molecule has 0 saturated heterocycles. The number of hydrogen-bond acceptors (Lipinski definition) is 4. The second-order valence-corrected chi connectivity index (χ2v) is 10.3. The zero-order valence-electron chi connectivity index (χ0n) is 19.4. The van der Waals surface area contributed by atoms with Gasteiger partial charge in [-0.05, 0) is 78.7 Å². The number of carbonyl (C=O) groups is 1. The van der Waals surface area contributed by atoms with Crippen molar-refractivity contribution in [2.45, 2.75) is 24.7 Å². The molecule has 1 N–H and O–H groups in total. The lowest BCUT2D eigenvalue weighted by Gasteiger charge is -2.24. The Kier molecular flexibility index (Phi) is 6.17. The van der Waals surface area contributed by atoms with E-state index >= 15 is 0 Å². The highest BCUT2D eigenvalue weighted by molar-refractivity contribution is 7.92. The van der Waals surface area contributed by atoms with Gasteiger partial charge in [-0.3, -0.25) is 9.10 Å². The highest BCUT2D eigenvalue weighted by atomic mass is 32.2. The first-order chi connectivity index (χ1) is 17.0. The van der Waals surface area contributed by atoms with Crippen LogP contribution in [0.25, 0.3) is 10.8 Å². The highest BCUT2D eigenvalue weighted by Crippen LogP contribution is 2.35. The van der Waals surface area contributed by atoms with Crippen LogP contribution in [0.15, 0.2) is 89.8 Å². The number of rotatable bonds is 8. The average molecular weight is 487 g/mol. The lowest BCUT2D eigenvalue weighted by molar-refractivity contribution is -0.114. The maximum Gasteiger partial charge on any atom is 0.264 e. The fourth-order valence-corrected chi connectivity index (χ4v) is 6.01. The number of nitrogens with one attached hydrogen (secondary N) is 1. The second-order valence-electron chi connectivity index (χ2n) is 8.41. The summed E-state index contributed by atoms with van der Waals surface area (Å²) in [6.45, 7) is 1.99. The van der Waals surface area contributed by atoms with Crippen molar-refractivity contribution in [2.24, 2.45) is 0 Å². The summed E-state index contributed by atoms with van der Waals surface area (Å²) in [7, 11) is -4.00. The Morgan fingerprint density at radius 2 is 1.60 bits per heavy atom. The molecule has 0 saturated carbocycles. The fraction of sp³-hybridized carbons (Fsp3) is 0.179. The summed E-state index contributed by atoms with van der Waals surface area (Å²) in [5.74, 6) is 0.171. The molecule has 6 nitrogen and oxygen atoms in total. The molecule has 1 aliphatic carbocycles. The SMILES string of the molecule is CCOc1ccc(S(=O)(=O)N(CC(=O)Nc2ccc3c4c(cccc24)CC3)c2ccccc2)cc1. The predicted molar refractivity (Wildman–Crippen MR) is 139 cm³/mol. The van der Waals surface area contributed by atoms with E-state index in [0.29, 0.717) is 23.7 Å². The van der Waals surface area contributed by atoms with Gasteiger partial charge in [-0.25, -0.2) is 8.42 Å². The van der Waals surface area contributed by atoms with Gasteiger partial charge in [0.05, 0.1) is 17.2 Å². The summed E-state index contributed by atoms with van der Waals surface area (Å²) in [4.78, 5) is 13.3. The summed E-state index contributed by atoms with van der Waals surface area (Å²) in [5.41, 5.74) is 3.65. The minimum Gasteiger partial charge on any atom is -0.494 e. The standard InChI is InChI=1S/C28H26N2O4S/c1-2-34-23-14-16-24(17-15-23)35(32,33)30(22-8-4-3-5-9-22)19-27(31)29-26-18-13-21-12-11-20-7-6-10-25(26)28(20)21/h3-10,13-18H,2,11-12,19H2,1H3,(H,29,31). The van der Waals surface area contributed by atoms with Crippen LogP contribution < -0.4 is 14.4 Å². The Labute approximate surface area is 205 Å². The molecule has 178 valence electrons. The number of benzene rings is 4. The van der Waals surface area contributed by atoms with Crippen molar-refractivity contribution in [1.82, 2.24) is 0 Å². The Morgan fingerprint density at radius 1 is 0.886 bits per heavy atom. The van der Waals surface area contributed by atoms with E-state index < -0.39 is 15.9 Å². The van der Waals surface area contributed by atoms with Crippen molar-refractivity contribution >= 4 is 38.1 Å². The Hall–Kier alpha value is -3.84. The average Bonchev–Trinajstić information content (AvgIpc) is 3.30. The third-order valence-electron chi connectivity index (χ3n) is 6.21. The van der Waals surface area contributed by atoms with Crippen LogP contribution >= 0.6 is 0 Å². The normalized spacial score (nSPS) is 12.5. The van der Waals surface area contributed by atoms with Gasteiger partial charge < -0.3 is 10.1 Å². The van der Waals surface area contributed by atoms with Crippen LogP contribution in [0, 0.1) is 0 Å². The van der Waals surface area contributed by atoms with Gasteiger partial charge in [0.15, 0.2) is 0 Å². The van der Waals surface area contributed by atoms with E-state index in [4.69, 9.17) is 4.74 Å². The van der Waals surface area contributed by atoms with Crippen LogP contribution in [-0.2, 0) is 27.7 Å². The van der Waals surface area contributed by atoms with Gasteiger partial charge >= 0.3 is 0 Å². The number of amides is 1. The van der Waals surface area contributed by atoms with E-state index in [9.17, 15) is 13.2 Å². The molecule has 4 aromatic rings. The van der Waals surface area contributed by atoms with Crippen LogP contribution in [0.4, 0.5) is 11.4 Å². The van der Waals surface area contributed by atoms with Gasteiger partial charge in [0, 0.05) is 11.1 Å². The maximum atomic E-state index is 13.6. The summed E-state index contributed by atoms with van der Waals surface area (Å²) in [6, 6.07) is 24.9. The van der Waals surface area contributed by atoms with Gasteiger partial charge in [0.25, 0.3) is 10.0 Å². The summed E-state index contributed by atoms with van der Waals surface area (Å²) in [6.07, 6.45) is 1.98. The van der Waals surface area contributed by atoms with E-state index in [2.05, 4.69) is 11.4 Å². The zero-order chi connectivity index (χ0) is 24.4. The molecular formula is C28H26N2O4S. The molecule has 0 unspecified atom stereocenters. The number of para-hydroxylation sites is 1. The first-order valence-corrected chi connectivity index (χ1v) is 13.1. The number of ether oxygens (including phenoxy) is 1. The van der Waals surface area contributed by atoms with E-state index in [1.807, 2.05) is 31.2 Å². The highest BCUT2D eigenvalue weighted by Gasteiger charge is 2.27. The molecule has 7 heteroatoms. The van der Waals surface area contributed by atoms with Gasteiger partial charge in [0.1, 0.15) is 12.3 Å². The van der Waals surface area contributed by atoms with Crippen molar-refractivity contribution in [1.29, 1.82) is 0 Å². The topological polar surface area (TPSA) is 75.7 Å². The van der Waals surface area contributed by atoms with Gasteiger partial charge in [-0.2, -0.15) is 0 Å². The number of carbonyl (C=O) groups excluding carboxylic acids is 1. The molecule has 0 atom stereocenters. The molecule has 4 aromatic carbocycles. The molecule has 0 heterocycles. The largest absolute Gasteiger partial charge is 0.494 e. The van der Waals surface area contributed by atoms with Crippen molar-refractivity contribution in [3.05, 3.63) is 96.1 Å². The van der Waals surface area contributed by atoms with Crippen molar-refractivity contribution < 1.29 is 17.9 Å². The molecule has 1 amide bonds. The molecule has 0 fully saturated rings. The fourth-order valence-electron chi connectivity index (χ4n) is 4.59. The van der Waals surface area contributed by atoms with Gasteiger partial charge in [-0.1, -0.05) is 42.5 Å². The number of nitrogens with zero attached hydrogens (tertiary/aromatic N) is 1. The summed E-state index contributed by atoms with van der Waals surface area (Å²) < 4.78 is 33.8. The van der Waals surface area contributed by atoms with Crippen LogP contribution in [0.1, 0.15) is 18.1 Å². The predicted octanol–water partition coefficient (Wildman–Crippen LogP) is 5.17. The molecule has 0 spiro atoms. The molecule has 0 aromatic heterocycles. The number of anilines is 2. The van der Waals surface area contributed by atoms with Crippen molar-refractivity contribution in [3.8, 4) is 5.75 Å². The molecule has 35 heavy (non-hydrogen) atoms. The van der Waals surface area contributed by atoms with Crippen LogP contribution in [0.2, 0.25) is 0 Å². The number of hydrogen-bond donors (Lipinski definition) is 1. The smallest absolute Gasteiger partial charge is 0.264 e. The Bertz CT molecular complexity index is 1470. The first kappa shape index (κ1) is 22.9. The maximum absolute atomic E-state index is 13.6. The van der Waals surface area contributed by atoms with E-state index in [1.165, 1.54) is 28.6 Å². The molecule has 0 aliphatic heterocycles. The van der Waals surface area contributed by atoms with Gasteiger partial charge in [-0.15, -0.1) is 0 Å². The van der Waals surface area contributed by atoms with Crippen LogP contribution in [0.5, 0.6) is 5.75 Å². The molecular weight excluding hydrogens is 460 g/mol. The molecule has 5 rings (SSSR count). The molecule has 0 radical (unpaired) electrons. The second kappa shape index (κ2) is 9.43. The molecule has 0 bridgehead atoms. The number of aryl methyl sites for hydroxylation is 2. The van der Waals surface area contributed by atoms with Crippen molar-refractivity contribution in [2.75, 3.05) is 22.8 Å². The minimum atomic E-state index is -4.00. The summed E-state index contributed by atoms with van der Waals surface area (Å²) >= 11 is 0. The quantitative estimate of drug-likeness (QED) is 0.373. The lowest BCUT2D eigenvalue weighted by Crippen LogP contribution is -2.38. The van der Waals surface area contributed by atoms with Gasteiger partial charge in [0.2, 0.25) is 5.91 Å². The monoisotopic (exact) mass is 486 g/mol. The summed E-state index contributed by atoms with van der Waals surface area (Å²) in [5, 5.41) is 5.12. The Morgan fingerprint density at radius 3 is 2.31 bits per heavy atom. The number of sulfonamides is 1. The first-order valence-electron chi connectivity index (χ1n) is 11.6. The van der Waals surface area contributed by atoms with E-state index in [0.717, 1.165) is 22.5 Å². The minimum absolute atomic E-state index is 0.0861.